The molecule has 0 spiro atoms. The van der Waals surface area contributed by atoms with E-state index in [1.807, 2.05) is 0 Å². The van der Waals surface area contributed by atoms with Gasteiger partial charge in [0.25, 0.3) is 0 Å². The molecule has 64 valence electrons. The van der Waals surface area contributed by atoms with Crippen LogP contribution in [-0.2, 0) is 4.74 Å². The summed E-state index contributed by atoms with van der Waals surface area (Å²) >= 11 is 0. The maximum absolute atomic E-state index is 6.00. The highest BCUT2D eigenvalue weighted by molar-refractivity contribution is 4.90. The van der Waals surface area contributed by atoms with Crippen molar-refractivity contribution in [1.29, 1.82) is 0 Å². The van der Waals surface area contributed by atoms with Crippen molar-refractivity contribution in [2.75, 3.05) is 0 Å². The van der Waals surface area contributed by atoms with Gasteiger partial charge in [0.1, 0.15) is 0 Å². The molecule has 1 aliphatic carbocycles. The summed E-state index contributed by atoms with van der Waals surface area (Å²) in [5.74, 6) is 0.666. The Labute approximate surface area is 68.1 Å². The molecule has 0 aromatic carbocycles. The van der Waals surface area contributed by atoms with Crippen LogP contribution in [0, 0.1) is 5.92 Å². The molecule has 1 aliphatic heterocycles. The van der Waals surface area contributed by atoms with Gasteiger partial charge in [-0.25, -0.2) is 0 Å². The van der Waals surface area contributed by atoms with Crippen molar-refractivity contribution in [2.45, 2.75) is 50.9 Å². The fourth-order valence-electron chi connectivity index (χ4n) is 2.49. The Morgan fingerprint density at radius 3 is 2.91 bits per heavy atom. The highest BCUT2D eigenvalue weighted by Gasteiger charge is 2.38. The average Bonchev–Trinajstić information content (AvgIpc) is 2.31. The van der Waals surface area contributed by atoms with E-state index in [1.165, 1.54) is 25.7 Å². The molecule has 0 aromatic heterocycles. The number of rotatable bonds is 0. The summed E-state index contributed by atoms with van der Waals surface area (Å²) in [5.41, 5.74) is 6.00. The van der Waals surface area contributed by atoms with Crippen LogP contribution in [-0.4, -0.2) is 18.2 Å². The van der Waals surface area contributed by atoms with Crippen molar-refractivity contribution < 1.29 is 4.74 Å². The first-order chi connectivity index (χ1) is 5.27. The molecule has 2 nitrogen and oxygen atoms in total. The van der Waals surface area contributed by atoms with Crippen LogP contribution in [0.25, 0.3) is 0 Å². The van der Waals surface area contributed by atoms with Gasteiger partial charge in [-0.05, 0) is 32.6 Å². The Balaban J connectivity index is 2.03. The molecule has 4 atom stereocenters. The van der Waals surface area contributed by atoms with Gasteiger partial charge in [0, 0.05) is 12.0 Å². The van der Waals surface area contributed by atoms with E-state index in [0.29, 0.717) is 24.2 Å². The molecular weight excluding hydrogens is 138 g/mol. The van der Waals surface area contributed by atoms with Gasteiger partial charge in [-0.3, -0.25) is 0 Å². The normalized spacial score (nSPS) is 50.7. The van der Waals surface area contributed by atoms with Gasteiger partial charge < -0.3 is 10.5 Å². The molecule has 1 saturated carbocycles. The minimum absolute atomic E-state index is 0.415. The van der Waals surface area contributed by atoms with Gasteiger partial charge >= 0.3 is 0 Å². The molecule has 0 aromatic rings. The van der Waals surface area contributed by atoms with Crippen LogP contribution in [0.2, 0.25) is 0 Å². The summed E-state index contributed by atoms with van der Waals surface area (Å²) in [6.45, 7) is 2.16. The van der Waals surface area contributed by atoms with Gasteiger partial charge in [-0.1, -0.05) is 0 Å². The molecular formula is C9H17NO. The van der Waals surface area contributed by atoms with Crippen LogP contribution in [0.3, 0.4) is 0 Å². The van der Waals surface area contributed by atoms with E-state index in [-0.39, 0.29) is 0 Å². The predicted octanol–water partition coefficient (Wildman–Crippen LogP) is 1.29. The molecule has 0 unspecified atom stereocenters. The second-order valence-electron chi connectivity index (χ2n) is 3.98. The smallest absolute Gasteiger partial charge is 0.0622 e. The van der Waals surface area contributed by atoms with Crippen LogP contribution in [0.15, 0.2) is 0 Å². The molecule has 2 rings (SSSR count). The summed E-state index contributed by atoms with van der Waals surface area (Å²) in [6.07, 6.45) is 5.84. The fraction of sp³-hybridized carbons (Fsp3) is 1.00. The minimum atomic E-state index is 0.415. The van der Waals surface area contributed by atoms with E-state index in [0.717, 1.165) is 0 Å². The lowest BCUT2D eigenvalue weighted by molar-refractivity contribution is 0.0230. The van der Waals surface area contributed by atoms with E-state index in [1.54, 1.807) is 0 Å². The molecule has 11 heavy (non-hydrogen) atoms. The number of nitrogens with two attached hydrogens (primary N) is 1. The Morgan fingerprint density at radius 1 is 1.36 bits per heavy atom. The Morgan fingerprint density at radius 2 is 2.18 bits per heavy atom. The fourth-order valence-corrected chi connectivity index (χ4v) is 2.49. The van der Waals surface area contributed by atoms with E-state index >= 15 is 0 Å². The van der Waals surface area contributed by atoms with Crippen LogP contribution in [0.1, 0.15) is 32.6 Å². The third-order valence-corrected chi connectivity index (χ3v) is 3.06. The van der Waals surface area contributed by atoms with Crippen molar-refractivity contribution in [2.24, 2.45) is 11.7 Å². The average molecular weight is 155 g/mol. The van der Waals surface area contributed by atoms with E-state index in [4.69, 9.17) is 10.5 Å². The van der Waals surface area contributed by atoms with Gasteiger partial charge in [-0.2, -0.15) is 0 Å². The van der Waals surface area contributed by atoms with Crippen molar-refractivity contribution in [3.63, 3.8) is 0 Å². The third kappa shape index (κ3) is 1.30. The number of fused-ring (bicyclic) bond motifs is 1. The zero-order chi connectivity index (χ0) is 7.84. The Bertz CT molecular complexity index is 148. The van der Waals surface area contributed by atoms with Crippen LogP contribution >= 0.6 is 0 Å². The number of ether oxygens (including phenoxy) is 1. The zero-order valence-electron chi connectivity index (χ0n) is 7.12. The molecule has 2 heteroatoms. The van der Waals surface area contributed by atoms with E-state index in [2.05, 4.69) is 6.92 Å². The molecule has 0 bridgehead atoms. The van der Waals surface area contributed by atoms with Gasteiger partial charge in [0.2, 0.25) is 0 Å². The number of hydrogen-bond donors (Lipinski definition) is 1. The highest BCUT2D eigenvalue weighted by Crippen LogP contribution is 2.36. The van der Waals surface area contributed by atoms with Crippen LogP contribution in [0.4, 0.5) is 0 Å². The quantitative estimate of drug-likeness (QED) is 0.572. The second kappa shape index (κ2) is 2.76. The van der Waals surface area contributed by atoms with E-state index in [9.17, 15) is 0 Å². The third-order valence-electron chi connectivity index (χ3n) is 3.06. The molecule has 2 fully saturated rings. The van der Waals surface area contributed by atoms with Crippen LogP contribution in [0.5, 0.6) is 0 Å². The first kappa shape index (κ1) is 7.56. The Kier molecular flexibility index (Phi) is 1.90. The van der Waals surface area contributed by atoms with E-state index < -0.39 is 0 Å². The van der Waals surface area contributed by atoms with Gasteiger partial charge in [0.05, 0.1) is 12.2 Å². The van der Waals surface area contributed by atoms with Gasteiger partial charge in [-0.15, -0.1) is 0 Å². The topological polar surface area (TPSA) is 35.2 Å². The molecule has 2 N–H and O–H groups in total. The van der Waals surface area contributed by atoms with Crippen molar-refractivity contribution in [1.82, 2.24) is 0 Å². The molecule has 1 heterocycles. The molecule has 2 aliphatic rings. The lowest BCUT2D eigenvalue weighted by Crippen LogP contribution is -2.38. The molecule has 1 saturated heterocycles. The predicted molar refractivity (Wildman–Crippen MR) is 44.3 cm³/mol. The summed E-state index contributed by atoms with van der Waals surface area (Å²) in [5, 5.41) is 0. The lowest BCUT2D eigenvalue weighted by Gasteiger charge is -2.29. The summed E-state index contributed by atoms with van der Waals surface area (Å²) in [7, 11) is 0. The maximum atomic E-state index is 6.00. The van der Waals surface area contributed by atoms with Crippen molar-refractivity contribution in [3.05, 3.63) is 0 Å². The van der Waals surface area contributed by atoms with Crippen molar-refractivity contribution in [3.8, 4) is 0 Å². The molecule has 0 radical (unpaired) electrons. The summed E-state index contributed by atoms with van der Waals surface area (Å²) in [6, 6.07) is 0.415. The minimum Gasteiger partial charge on any atom is -0.375 e. The first-order valence-corrected chi connectivity index (χ1v) is 4.68. The number of hydrogen-bond acceptors (Lipinski definition) is 2. The first-order valence-electron chi connectivity index (χ1n) is 4.68. The maximum Gasteiger partial charge on any atom is 0.0622 e. The summed E-state index contributed by atoms with van der Waals surface area (Å²) < 4.78 is 5.76. The summed E-state index contributed by atoms with van der Waals surface area (Å²) in [4.78, 5) is 0. The standard InChI is InChI=1S/C9H17NO/c1-6-5-7-8(10)3-2-4-9(7)11-6/h6-9H,2-5,10H2,1H3/t6-,7-,8-,9+/m1/s1. The highest BCUT2D eigenvalue weighted by atomic mass is 16.5. The largest absolute Gasteiger partial charge is 0.375 e. The Hall–Kier alpha value is -0.0800. The SMILES string of the molecule is C[C@@H]1C[C@@H]2[C@H](N)CCC[C@@H]2O1. The van der Waals surface area contributed by atoms with Gasteiger partial charge in [0.15, 0.2) is 0 Å². The van der Waals surface area contributed by atoms with Crippen LogP contribution < -0.4 is 5.73 Å². The van der Waals surface area contributed by atoms with Crippen molar-refractivity contribution >= 4 is 0 Å². The monoisotopic (exact) mass is 155 g/mol. The zero-order valence-corrected chi connectivity index (χ0v) is 7.12. The molecule has 0 amide bonds. The lowest BCUT2D eigenvalue weighted by atomic mass is 9.82. The second-order valence-corrected chi connectivity index (χ2v) is 3.98.